The molecule has 4 heteroatoms. The number of hydrogen-bond acceptors (Lipinski definition) is 3. The van der Waals surface area contributed by atoms with Crippen LogP contribution in [-0.4, -0.2) is 23.6 Å². The highest BCUT2D eigenvalue weighted by Crippen LogP contribution is 2.33. The number of benzene rings is 1. The summed E-state index contributed by atoms with van der Waals surface area (Å²) in [5.41, 5.74) is 6.89. The number of anilines is 1. The van der Waals surface area contributed by atoms with E-state index in [1.807, 2.05) is 6.07 Å². The van der Waals surface area contributed by atoms with Crippen molar-refractivity contribution < 1.29 is 5.21 Å². The molecule has 0 amide bonds. The molecule has 21 heavy (non-hydrogen) atoms. The third-order valence-corrected chi connectivity index (χ3v) is 4.42. The van der Waals surface area contributed by atoms with Crippen LogP contribution in [0.1, 0.15) is 39.5 Å². The Hall–Kier alpha value is -1.71. The Morgan fingerprint density at radius 2 is 1.81 bits per heavy atom. The van der Waals surface area contributed by atoms with Crippen molar-refractivity contribution in [1.82, 2.24) is 0 Å². The van der Waals surface area contributed by atoms with Crippen molar-refractivity contribution in [2.45, 2.75) is 45.6 Å². The lowest BCUT2D eigenvalue weighted by Crippen LogP contribution is -2.42. The molecule has 1 saturated carbocycles. The summed E-state index contributed by atoms with van der Waals surface area (Å²) in [5, 5.41) is 11.9. The monoisotopic (exact) mass is 289 g/mol. The van der Waals surface area contributed by atoms with E-state index in [4.69, 9.17) is 10.9 Å². The van der Waals surface area contributed by atoms with Crippen LogP contribution in [-0.2, 0) is 0 Å². The summed E-state index contributed by atoms with van der Waals surface area (Å²) in [7, 11) is 0. The molecule has 116 valence electrons. The zero-order valence-corrected chi connectivity index (χ0v) is 13.1. The van der Waals surface area contributed by atoms with Crippen molar-refractivity contribution >= 4 is 11.5 Å². The lowest BCUT2D eigenvalue weighted by atomic mass is 9.79. The largest absolute Gasteiger partial charge is 0.409 e. The molecule has 1 aromatic rings. The molecule has 0 spiro atoms. The SMILES string of the molecule is CC1CC(C)CC(N(CCC(N)=NO)c2ccccc2)C1. The number of amidine groups is 1. The maximum absolute atomic E-state index is 8.76. The molecule has 2 atom stereocenters. The Morgan fingerprint density at radius 3 is 2.38 bits per heavy atom. The van der Waals surface area contributed by atoms with Crippen LogP contribution in [0.5, 0.6) is 0 Å². The number of nitrogens with zero attached hydrogens (tertiary/aromatic N) is 2. The van der Waals surface area contributed by atoms with Crippen LogP contribution in [0, 0.1) is 11.8 Å². The van der Waals surface area contributed by atoms with E-state index in [2.05, 4.69) is 48.2 Å². The number of oxime groups is 1. The Kier molecular flexibility index (Phi) is 5.48. The molecule has 2 rings (SSSR count). The second-order valence-electron chi connectivity index (χ2n) is 6.44. The molecule has 1 fully saturated rings. The Labute approximate surface area is 127 Å². The van der Waals surface area contributed by atoms with E-state index >= 15 is 0 Å². The molecule has 4 nitrogen and oxygen atoms in total. The summed E-state index contributed by atoms with van der Waals surface area (Å²) < 4.78 is 0. The van der Waals surface area contributed by atoms with E-state index in [1.165, 1.54) is 24.9 Å². The summed E-state index contributed by atoms with van der Waals surface area (Å²) in [5.74, 6) is 1.82. The first kappa shape index (κ1) is 15.7. The van der Waals surface area contributed by atoms with Gasteiger partial charge in [-0.05, 0) is 43.2 Å². The summed E-state index contributed by atoms with van der Waals surface area (Å²) in [4.78, 5) is 2.43. The van der Waals surface area contributed by atoms with Gasteiger partial charge >= 0.3 is 0 Å². The predicted molar refractivity (Wildman–Crippen MR) is 87.8 cm³/mol. The Balaban J connectivity index is 2.15. The van der Waals surface area contributed by atoms with Gasteiger partial charge in [0.25, 0.3) is 0 Å². The van der Waals surface area contributed by atoms with Gasteiger partial charge in [-0.3, -0.25) is 0 Å². The minimum Gasteiger partial charge on any atom is -0.409 e. The van der Waals surface area contributed by atoms with Gasteiger partial charge in [0.2, 0.25) is 0 Å². The molecule has 1 aliphatic carbocycles. The van der Waals surface area contributed by atoms with Gasteiger partial charge in [0.15, 0.2) is 0 Å². The van der Waals surface area contributed by atoms with Gasteiger partial charge in [0.1, 0.15) is 5.84 Å². The fourth-order valence-electron chi connectivity index (χ4n) is 3.59. The van der Waals surface area contributed by atoms with Crippen LogP contribution in [0.25, 0.3) is 0 Å². The van der Waals surface area contributed by atoms with Crippen molar-refractivity contribution in [1.29, 1.82) is 0 Å². The Morgan fingerprint density at radius 1 is 1.19 bits per heavy atom. The van der Waals surface area contributed by atoms with Gasteiger partial charge in [-0.2, -0.15) is 0 Å². The van der Waals surface area contributed by atoms with Crippen LogP contribution >= 0.6 is 0 Å². The van der Waals surface area contributed by atoms with Crippen molar-refractivity contribution in [3.05, 3.63) is 30.3 Å². The van der Waals surface area contributed by atoms with Gasteiger partial charge in [-0.15, -0.1) is 0 Å². The molecule has 2 unspecified atom stereocenters. The molecular formula is C17H27N3O. The summed E-state index contributed by atoms with van der Waals surface area (Å²) >= 11 is 0. The zero-order chi connectivity index (χ0) is 15.2. The van der Waals surface area contributed by atoms with Crippen LogP contribution in [0.3, 0.4) is 0 Å². The number of nitrogens with two attached hydrogens (primary N) is 1. The summed E-state index contributed by atoms with van der Waals surface area (Å²) in [6, 6.07) is 11.0. The fourth-order valence-corrected chi connectivity index (χ4v) is 3.59. The predicted octanol–water partition coefficient (Wildman–Crippen LogP) is 3.45. The first-order chi connectivity index (χ1) is 10.1. The van der Waals surface area contributed by atoms with Gasteiger partial charge in [-0.25, -0.2) is 0 Å². The van der Waals surface area contributed by atoms with Crippen molar-refractivity contribution in [2.24, 2.45) is 22.7 Å². The molecular weight excluding hydrogens is 262 g/mol. The van der Waals surface area contributed by atoms with Crippen molar-refractivity contribution in [2.75, 3.05) is 11.4 Å². The molecule has 0 aliphatic heterocycles. The van der Waals surface area contributed by atoms with E-state index in [9.17, 15) is 0 Å². The molecule has 0 bridgehead atoms. The molecule has 0 radical (unpaired) electrons. The van der Waals surface area contributed by atoms with E-state index in [0.717, 1.165) is 18.4 Å². The van der Waals surface area contributed by atoms with Gasteiger partial charge in [0, 0.05) is 24.7 Å². The minimum absolute atomic E-state index is 0.299. The van der Waals surface area contributed by atoms with Crippen LogP contribution in [0.2, 0.25) is 0 Å². The van der Waals surface area contributed by atoms with E-state index < -0.39 is 0 Å². The standard InChI is InChI=1S/C17H27N3O/c1-13-10-14(2)12-16(11-13)20(9-8-17(18)19-21)15-6-4-3-5-7-15/h3-7,13-14,16,21H,8-12H2,1-2H3,(H2,18,19). The lowest BCUT2D eigenvalue weighted by Gasteiger charge is -2.40. The smallest absolute Gasteiger partial charge is 0.140 e. The first-order valence-corrected chi connectivity index (χ1v) is 7.88. The third kappa shape index (κ3) is 4.38. The van der Waals surface area contributed by atoms with Gasteiger partial charge in [-0.1, -0.05) is 37.2 Å². The fraction of sp³-hybridized carbons (Fsp3) is 0.588. The molecule has 0 saturated heterocycles. The van der Waals surface area contributed by atoms with E-state index in [0.29, 0.717) is 18.3 Å². The highest BCUT2D eigenvalue weighted by atomic mass is 16.4. The molecule has 1 aliphatic rings. The van der Waals surface area contributed by atoms with E-state index in [1.54, 1.807) is 0 Å². The molecule has 3 N–H and O–H groups in total. The highest BCUT2D eigenvalue weighted by Gasteiger charge is 2.28. The van der Waals surface area contributed by atoms with E-state index in [-0.39, 0.29) is 0 Å². The van der Waals surface area contributed by atoms with Crippen molar-refractivity contribution in [3.63, 3.8) is 0 Å². The normalized spacial score (nSPS) is 26.6. The minimum atomic E-state index is 0.299. The quantitative estimate of drug-likeness (QED) is 0.378. The molecule has 0 aromatic heterocycles. The van der Waals surface area contributed by atoms with Crippen LogP contribution in [0.15, 0.2) is 35.5 Å². The Bertz CT molecular complexity index is 450. The average Bonchev–Trinajstić information content (AvgIpc) is 2.47. The van der Waals surface area contributed by atoms with Gasteiger partial charge < -0.3 is 15.8 Å². The number of para-hydroxylation sites is 1. The first-order valence-electron chi connectivity index (χ1n) is 7.88. The lowest BCUT2D eigenvalue weighted by molar-refractivity contribution is 0.260. The maximum Gasteiger partial charge on any atom is 0.140 e. The second kappa shape index (κ2) is 7.34. The average molecular weight is 289 g/mol. The maximum atomic E-state index is 8.76. The number of hydrogen-bond donors (Lipinski definition) is 2. The molecule has 1 aromatic carbocycles. The third-order valence-electron chi connectivity index (χ3n) is 4.42. The van der Waals surface area contributed by atoms with Crippen LogP contribution < -0.4 is 10.6 Å². The summed E-state index contributed by atoms with van der Waals surface area (Å²) in [6.45, 7) is 5.48. The summed E-state index contributed by atoms with van der Waals surface area (Å²) in [6.07, 6.45) is 4.34. The van der Waals surface area contributed by atoms with Crippen LogP contribution in [0.4, 0.5) is 5.69 Å². The highest BCUT2D eigenvalue weighted by molar-refractivity contribution is 5.80. The zero-order valence-electron chi connectivity index (χ0n) is 13.1. The topological polar surface area (TPSA) is 61.8 Å². The second-order valence-corrected chi connectivity index (χ2v) is 6.44. The van der Waals surface area contributed by atoms with Gasteiger partial charge in [0.05, 0.1) is 0 Å². The van der Waals surface area contributed by atoms with Crippen molar-refractivity contribution in [3.8, 4) is 0 Å². The number of rotatable bonds is 5. The molecule has 0 heterocycles.